The maximum Gasteiger partial charge on any atom is 0.222 e. The topological polar surface area (TPSA) is 53.6 Å². The zero-order chi connectivity index (χ0) is 18.1. The van der Waals surface area contributed by atoms with Gasteiger partial charge in [-0.25, -0.2) is 0 Å². The molecule has 0 bridgehead atoms. The third kappa shape index (κ3) is 2.71. The van der Waals surface area contributed by atoms with Gasteiger partial charge in [0.1, 0.15) is 0 Å². The number of hydrogen-bond donors (Lipinski definition) is 2. The molecule has 1 aromatic heterocycles. The summed E-state index contributed by atoms with van der Waals surface area (Å²) >= 11 is 0. The molecule has 0 spiro atoms. The van der Waals surface area contributed by atoms with E-state index in [1.54, 1.807) is 25.6 Å². The maximum atomic E-state index is 9.90. The van der Waals surface area contributed by atoms with E-state index in [4.69, 9.17) is 4.74 Å². The molecular weight excluding hydrogens is 326 g/mol. The Labute approximate surface area is 151 Å². The van der Waals surface area contributed by atoms with Crippen LogP contribution in [0, 0.1) is 0 Å². The Morgan fingerprint density at radius 2 is 1.46 bits per heavy atom. The van der Waals surface area contributed by atoms with E-state index in [1.807, 2.05) is 36.4 Å². The van der Waals surface area contributed by atoms with Crippen LogP contribution >= 0.6 is 0 Å². The van der Waals surface area contributed by atoms with Crippen molar-refractivity contribution in [3.8, 4) is 33.8 Å². The van der Waals surface area contributed by atoms with Gasteiger partial charge < -0.3 is 9.84 Å². The fourth-order valence-electron chi connectivity index (χ4n) is 3.27. The Morgan fingerprint density at radius 1 is 0.808 bits per heavy atom. The van der Waals surface area contributed by atoms with Crippen LogP contribution in [0.2, 0.25) is 0 Å². The van der Waals surface area contributed by atoms with E-state index in [2.05, 4.69) is 24.3 Å². The molecule has 0 saturated heterocycles. The van der Waals surface area contributed by atoms with Gasteiger partial charge in [-0.05, 0) is 45.2 Å². The number of methoxy groups -OCH3 is 1. The first-order chi connectivity index (χ1) is 12.7. The third-order valence-corrected chi connectivity index (χ3v) is 4.52. The van der Waals surface area contributed by atoms with Gasteiger partial charge in [-0.1, -0.05) is 42.5 Å². The minimum absolute atomic E-state index is 0.118. The molecule has 0 amide bonds. The van der Waals surface area contributed by atoms with Crippen LogP contribution < -0.4 is 9.47 Å². The molecule has 3 aromatic carbocycles. The first-order valence-electron chi connectivity index (χ1n) is 8.27. The molecule has 4 nitrogen and oxygen atoms in total. The number of pyridine rings is 1. The Balaban J connectivity index is 2.00. The second-order valence-corrected chi connectivity index (χ2v) is 6.06. The highest BCUT2D eigenvalue weighted by Crippen LogP contribution is 2.38. The predicted molar refractivity (Wildman–Crippen MR) is 100 cm³/mol. The maximum absolute atomic E-state index is 9.90. The zero-order valence-electron chi connectivity index (χ0n) is 14.3. The van der Waals surface area contributed by atoms with E-state index in [0.29, 0.717) is 5.75 Å². The van der Waals surface area contributed by atoms with Crippen molar-refractivity contribution in [2.24, 2.45) is 0 Å². The lowest BCUT2D eigenvalue weighted by atomic mass is 9.92. The summed E-state index contributed by atoms with van der Waals surface area (Å²) in [5, 5.41) is 21.6. The summed E-state index contributed by atoms with van der Waals surface area (Å²) < 4.78 is 6.29. The van der Waals surface area contributed by atoms with Gasteiger partial charge in [0.25, 0.3) is 0 Å². The van der Waals surface area contributed by atoms with Gasteiger partial charge in [-0.2, -0.15) is 0 Å². The second kappa shape index (κ2) is 6.41. The van der Waals surface area contributed by atoms with Crippen LogP contribution in [0.15, 0.2) is 79.1 Å². The minimum Gasteiger partial charge on any atom is -0.504 e. The van der Waals surface area contributed by atoms with Crippen molar-refractivity contribution in [2.45, 2.75) is 0 Å². The van der Waals surface area contributed by atoms with Gasteiger partial charge in [0.15, 0.2) is 11.5 Å². The molecule has 0 aliphatic heterocycles. The standard InChI is InChI=1S/C22H17NO3/c1-26-21-14-17(8-9-20(21)24)19-7-3-5-16-4-2-6-18(22(16)19)15-10-12-23(25)13-11-15/h2-14H,1H3,(H-,24,25)/p+1. The zero-order valence-corrected chi connectivity index (χ0v) is 14.3. The number of fused-ring (bicyclic) bond motifs is 1. The number of nitrogens with zero attached hydrogens (tertiary/aromatic N) is 1. The molecule has 0 atom stereocenters. The van der Waals surface area contributed by atoms with E-state index < -0.39 is 0 Å². The van der Waals surface area contributed by atoms with E-state index >= 15 is 0 Å². The highest BCUT2D eigenvalue weighted by atomic mass is 16.5. The predicted octanol–water partition coefficient (Wildman–Crippen LogP) is 4.41. The summed E-state index contributed by atoms with van der Waals surface area (Å²) in [5.41, 5.74) is 4.10. The number of rotatable bonds is 3. The lowest BCUT2D eigenvalue weighted by molar-refractivity contribution is -0.904. The first-order valence-corrected chi connectivity index (χ1v) is 8.27. The fourth-order valence-corrected chi connectivity index (χ4v) is 3.27. The number of hydrogen-bond acceptors (Lipinski definition) is 3. The van der Waals surface area contributed by atoms with Crippen LogP contribution in [0.5, 0.6) is 11.5 Å². The van der Waals surface area contributed by atoms with Gasteiger partial charge in [0, 0.05) is 16.9 Å². The lowest BCUT2D eigenvalue weighted by Gasteiger charge is -2.13. The monoisotopic (exact) mass is 344 g/mol. The third-order valence-electron chi connectivity index (χ3n) is 4.52. The van der Waals surface area contributed by atoms with Crippen LogP contribution in [0.1, 0.15) is 0 Å². The Kier molecular flexibility index (Phi) is 3.93. The molecule has 0 aliphatic carbocycles. The highest BCUT2D eigenvalue weighted by Gasteiger charge is 2.12. The summed E-state index contributed by atoms with van der Waals surface area (Å²) in [6, 6.07) is 21.5. The van der Waals surface area contributed by atoms with Crippen LogP contribution in [-0.4, -0.2) is 17.4 Å². The summed E-state index contributed by atoms with van der Waals surface area (Å²) in [6.07, 6.45) is 3.22. The van der Waals surface area contributed by atoms with Gasteiger partial charge in [0.05, 0.1) is 7.11 Å². The molecule has 0 unspecified atom stereocenters. The normalized spacial score (nSPS) is 10.8. The quantitative estimate of drug-likeness (QED) is 0.427. The smallest absolute Gasteiger partial charge is 0.222 e. The number of phenols is 1. The van der Waals surface area contributed by atoms with Crippen LogP contribution in [-0.2, 0) is 0 Å². The number of aromatic nitrogens is 1. The van der Waals surface area contributed by atoms with Crippen molar-refractivity contribution in [3.63, 3.8) is 0 Å². The summed E-state index contributed by atoms with van der Waals surface area (Å²) in [6.45, 7) is 0. The molecule has 1 heterocycles. The van der Waals surface area contributed by atoms with E-state index in [1.165, 1.54) is 0 Å². The molecule has 0 fully saturated rings. The summed E-state index contributed by atoms with van der Waals surface area (Å²) in [5.74, 6) is 0.560. The van der Waals surface area contributed by atoms with E-state index in [-0.39, 0.29) is 5.75 Å². The molecule has 26 heavy (non-hydrogen) atoms. The molecular formula is C22H18NO3+. The Morgan fingerprint density at radius 3 is 2.12 bits per heavy atom. The summed E-state index contributed by atoms with van der Waals surface area (Å²) in [4.78, 5) is 0. The van der Waals surface area contributed by atoms with Crippen molar-refractivity contribution in [3.05, 3.63) is 79.1 Å². The molecule has 0 saturated carbocycles. The number of ether oxygens (including phenoxy) is 1. The highest BCUT2D eigenvalue weighted by molar-refractivity contribution is 6.06. The van der Waals surface area contributed by atoms with Crippen molar-refractivity contribution < 1.29 is 19.8 Å². The number of aromatic hydroxyl groups is 1. The molecule has 4 aromatic rings. The van der Waals surface area contributed by atoms with E-state index in [0.717, 1.165) is 37.8 Å². The van der Waals surface area contributed by atoms with Gasteiger partial charge in [0.2, 0.25) is 12.4 Å². The number of phenolic OH excluding ortho intramolecular Hbond substituents is 1. The van der Waals surface area contributed by atoms with Gasteiger partial charge >= 0.3 is 0 Å². The summed E-state index contributed by atoms with van der Waals surface area (Å²) in [7, 11) is 1.54. The fraction of sp³-hybridized carbons (Fsp3) is 0.0455. The average Bonchev–Trinajstić information content (AvgIpc) is 2.68. The van der Waals surface area contributed by atoms with Crippen molar-refractivity contribution in [1.29, 1.82) is 0 Å². The number of benzene rings is 3. The Bertz CT molecular complexity index is 1080. The van der Waals surface area contributed by atoms with Crippen molar-refractivity contribution >= 4 is 10.8 Å². The van der Waals surface area contributed by atoms with E-state index in [9.17, 15) is 10.3 Å². The van der Waals surface area contributed by atoms with Crippen molar-refractivity contribution in [1.82, 2.24) is 0 Å². The minimum atomic E-state index is 0.118. The Hall–Kier alpha value is -3.53. The molecule has 4 heteroatoms. The van der Waals surface area contributed by atoms with Crippen molar-refractivity contribution in [2.75, 3.05) is 7.11 Å². The van der Waals surface area contributed by atoms with Gasteiger partial charge in [-0.15, -0.1) is 0 Å². The average molecular weight is 344 g/mol. The first kappa shape index (κ1) is 16.0. The molecule has 4 rings (SSSR count). The molecule has 0 radical (unpaired) electrons. The SMILES string of the molecule is COc1cc(-c2cccc3cccc(-c4cc[n+](O)cc4)c23)ccc1O. The molecule has 128 valence electrons. The second-order valence-electron chi connectivity index (χ2n) is 6.06. The molecule has 0 aliphatic rings. The van der Waals surface area contributed by atoms with Crippen LogP contribution in [0.25, 0.3) is 33.0 Å². The van der Waals surface area contributed by atoms with Crippen LogP contribution in [0.3, 0.4) is 0 Å². The lowest BCUT2D eigenvalue weighted by Crippen LogP contribution is -2.27. The molecule has 2 N–H and O–H groups in total. The van der Waals surface area contributed by atoms with Crippen LogP contribution in [0.4, 0.5) is 0 Å². The largest absolute Gasteiger partial charge is 0.504 e. The van der Waals surface area contributed by atoms with Gasteiger partial charge in [-0.3, -0.25) is 5.21 Å².